The van der Waals surface area contributed by atoms with Crippen molar-refractivity contribution in [2.24, 2.45) is 11.1 Å². The average molecular weight is 555 g/mol. The van der Waals surface area contributed by atoms with E-state index < -0.39 is 28.6 Å². The smallest absolute Gasteiger partial charge is 0.355 e. The summed E-state index contributed by atoms with van der Waals surface area (Å²) in [6.07, 6.45) is 3.06. The summed E-state index contributed by atoms with van der Waals surface area (Å²) in [5.41, 5.74) is 4.28. The van der Waals surface area contributed by atoms with Gasteiger partial charge in [0.1, 0.15) is 22.6 Å². The molecule has 7 nitrogen and oxygen atoms in total. The first-order valence-electron chi connectivity index (χ1n) is 11.8. The lowest BCUT2D eigenvalue weighted by Gasteiger charge is -2.10. The number of nitrogens with two attached hydrogens (primary N) is 1. The van der Waals surface area contributed by atoms with E-state index in [0.29, 0.717) is 45.4 Å². The Morgan fingerprint density at radius 3 is 2.61 bits per heavy atom. The molecule has 2 aromatic carbocycles. The van der Waals surface area contributed by atoms with Crippen LogP contribution >= 0.6 is 11.3 Å². The predicted octanol–water partition coefficient (Wildman–Crippen LogP) is 5.53. The zero-order chi connectivity index (χ0) is 27.1. The Morgan fingerprint density at radius 1 is 1.24 bits per heavy atom. The van der Waals surface area contributed by atoms with Crippen molar-refractivity contribution in [2.45, 2.75) is 37.5 Å². The number of aromatic carboxylic acids is 1. The van der Waals surface area contributed by atoms with Gasteiger partial charge in [0.05, 0.1) is 16.3 Å². The number of nitrogens with zero attached hydrogens (tertiary/aromatic N) is 3. The minimum Gasteiger partial charge on any atom is -0.476 e. The molecule has 11 heteroatoms. The van der Waals surface area contributed by atoms with Crippen molar-refractivity contribution in [3.05, 3.63) is 88.1 Å². The summed E-state index contributed by atoms with van der Waals surface area (Å²) in [7, 11) is -1.96. The third-order valence-corrected chi connectivity index (χ3v) is 8.04. The maximum absolute atomic E-state index is 14.7. The molecule has 1 unspecified atom stereocenters. The Hall–Kier alpha value is -3.54. The molecule has 1 fully saturated rings. The summed E-state index contributed by atoms with van der Waals surface area (Å²) < 4.78 is 42.5. The lowest BCUT2D eigenvalue weighted by atomic mass is 9.95. The standard InChI is InChI=1S/C27H24F2N4O3S2/c1-14(2)18-12-17(6-7-20(18)28)25-19(9-16-5-8-24(38(30)36)21(29)10-16)23(11-15-3-4-15)33(32-25)27-31-22(13-37-27)26(34)35/h5-8,10,12-13,15H,1,3-4,9,11,30H2,2H3,(H,34,35). The van der Waals surface area contributed by atoms with Crippen LogP contribution in [-0.2, 0) is 23.8 Å². The molecule has 0 saturated heterocycles. The van der Waals surface area contributed by atoms with Crippen molar-refractivity contribution >= 4 is 33.9 Å². The first kappa shape index (κ1) is 26.1. The van der Waals surface area contributed by atoms with Crippen molar-refractivity contribution in [3.63, 3.8) is 0 Å². The molecule has 1 aliphatic carbocycles. The van der Waals surface area contributed by atoms with E-state index in [2.05, 4.69) is 11.6 Å². The Labute approximate surface area is 224 Å². The fourth-order valence-electron chi connectivity index (χ4n) is 4.35. The van der Waals surface area contributed by atoms with E-state index in [0.717, 1.165) is 35.4 Å². The molecule has 0 aliphatic heterocycles. The summed E-state index contributed by atoms with van der Waals surface area (Å²) in [5.74, 6) is -1.77. The Bertz CT molecular complexity index is 1610. The van der Waals surface area contributed by atoms with E-state index in [1.807, 2.05) is 0 Å². The first-order chi connectivity index (χ1) is 18.1. The van der Waals surface area contributed by atoms with Gasteiger partial charge in [0, 0.05) is 28.5 Å². The molecule has 1 saturated carbocycles. The highest BCUT2D eigenvalue weighted by Crippen LogP contribution is 2.38. The second kappa shape index (κ2) is 10.3. The monoisotopic (exact) mass is 554 g/mol. The summed E-state index contributed by atoms with van der Waals surface area (Å²) in [6.45, 7) is 5.59. The third-order valence-electron chi connectivity index (χ3n) is 6.45. The van der Waals surface area contributed by atoms with Crippen LogP contribution in [0.25, 0.3) is 22.0 Å². The highest BCUT2D eigenvalue weighted by atomic mass is 32.2. The lowest BCUT2D eigenvalue weighted by Crippen LogP contribution is -2.07. The third kappa shape index (κ3) is 5.22. The fraction of sp³-hybridized carbons (Fsp3) is 0.222. The van der Waals surface area contributed by atoms with Crippen LogP contribution in [0.15, 0.2) is 53.3 Å². The molecule has 38 heavy (non-hydrogen) atoms. The number of carbonyl (C=O) groups is 1. The largest absolute Gasteiger partial charge is 0.476 e. The molecule has 0 spiro atoms. The molecule has 1 atom stereocenters. The topological polar surface area (TPSA) is 111 Å². The molecule has 2 aromatic heterocycles. The van der Waals surface area contributed by atoms with Crippen LogP contribution in [0.2, 0.25) is 0 Å². The number of hydrogen-bond donors (Lipinski definition) is 2. The van der Waals surface area contributed by atoms with Gasteiger partial charge >= 0.3 is 5.97 Å². The van der Waals surface area contributed by atoms with Gasteiger partial charge in [-0.2, -0.15) is 5.10 Å². The van der Waals surface area contributed by atoms with E-state index in [-0.39, 0.29) is 17.0 Å². The number of hydrogen-bond acceptors (Lipinski definition) is 5. The van der Waals surface area contributed by atoms with Gasteiger partial charge in [0.25, 0.3) is 0 Å². The van der Waals surface area contributed by atoms with Crippen LogP contribution in [0.4, 0.5) is 8.78 Å². The molecule has 196 valence electrons. The first-order valence-corrected chi connectivity index (χ1v) is 13.9. The van der Waals surface area contributed by atoms with Crippen molar-refractivity contribution in [3.8, 4) is 16.4 Å². The van der Waals surface area contributed by atoms with Crippen LogP contribution in [-0.4, -0.2) is 30.0 Å². The maximum Gasteiger partial charge on any atom is 0.355 e. The maximum atomic E-state index is 14.7. The molecule has 0 bridgehead atoms. The normalized spacial score (nSPS) is 14.0. The van der Waals surface area contributed by atoms with Crippen LogP contribution < -0.4 is 5.14 Å². The van der Waals surface area contributed by atoms with Crippen LogP contribution in [0.5, 0.6) is 0 Å². The highest BCUT2D eigenvalue weighted by molar-refractivity contribution is 7.82. The van der Waals surface area contributed by atoms with Crippen molar-refractivity contribution < 1.29 is 22.9 Å². The molecule has 2 heterocycles. The SMILES string of the molecule is C=C(C)c1cc(-c2nn(-c3nc(C(=O)O)cs3)c(CC3CC3)c2Cc2ccc(S(N)=O)c(F)c2)ccc1F. The molecule has 0 radical (unpaired) electrons. The van der Waals surface area contributed by atoms with Crippen molar-refractivity contribution in [2.75, 3.05) is 0 Å². The number of carboxylic acids is 1. The zero-order valence-corrected chi connectivity index (χ0v) is 22.0. The van der Waals surface area contributed by atoms with E-state index in [1.54, 1.807) is 29.8 Å². The molecule has 5 rings (SSSR count). The summed E-state index contributed by atoms with van der Waals surface area (Å²) >= 11 is 1.16. The quantitative estimate of drug-likeness (QED) is 0.283. The summed E-state index contributed by atoms with van der Waals surface area (Å²) in [6, 6.07) is 9.05. The molecule has 4 aromatic rings. The van der Waals surface area contributed by atoms with Gasteiger partial charge in [-0.05, 0) is 73.6 Å². The van der Waals surface area contributed by atoms with E-state index >= 15 is 0 Å². The highest BCUT2D eigenvalue weighted by Gasteiger charge is 2.29. The van der Waals surface area contributed by atoms with Gasteiger partial charge < -0.3 is 5.11 Å². The van der Waals surface area contributed by atoms with Gasteiger partial charge in [0.2, 0.25) is 5.13 Å². The molecule has 0 amide bonds. The molecule has 3 N–H and O–H groups in total. The van der Waals surface area contributed by atoms with E-state index in [9.17, 15) is 22.9 Å². The number of halogens is 2. The average Bonchev–Trinajstić information content (AvgIpc) is 3.42. The lowest BCUT2D eigenvalue weighted by molar-refractivity contribution is 0.0691. The van der Waals surface area contributed by atoms with Crippen LogP contribution in [0, 0.1) is 17.6 Å². The minimum atomic E-state index is -1.96. The molecular weight excluding hydrogens is 530 g/mol. The van der Waals surface area contributed by atoms with Crippen molar-refractivity contribution in [1.82, 2.24) is 14.8 Å². The van der Waals surface area contributed by atoms with Gasteiger partial charge in [-0.25, -0.2) is 32.6 Å². The Morgan fingerprint density at radius 2 is 2.00 bits per heavy atom. The number of thiazole rings is 1. The number of aromatic nitrogens is 3. The van der Waals surface area contributed by atoms with Gasteiger partial charge in [-0.3, -0.25) is 0 Å². The zero-order valence-electron chi connectivity index (χ0n) is 20.4. The summed E-state index contributed by atoms with van der Waals surface area (Å²) in [4.78, 5) is 15.7. The van der Waals surface area contributed by atoms with Gasteiger partial charge in [0.15, 0.2) is 5.69 Å². The molecular formula is C27H24F2N4O3S2. The van der Waals surface area contributed by atoms with E-state index in [4.69, 9.17) is 10.2 Å². The van der Waals surface area contributed by atoms with Crippen LogP contribution in [0.1, 0.15) is 52.6 Å². The predicted molar refractivity (Wildman–Crippen MR) is 143 cm³/mol. The van der Waals surface area contributed by atoms with Gasteiger partial charge in [-0.15, -0.1) is 11.3 Å². The number of benzene rings is 2. The second-order valence-corrected chi connectivity index (χ2v) is 11.2. The number of carboxylic acid groups (broad SMARTS) is 1. The second-order valence-electron chi connectivity index (χ2n) is 9.37. The number of allylic oxidation sites excluding steroid dienone is 1. The van der Waals surface area contributed by atoms with E-state index in [1.165, 1.54) is 23.6 Å². The Balaban J connectivity index is 1.71. The van der Waals surface area contributed by atoms with Crippen LogP contribution in [0.3, 0.4) is 0 Å². The molecule has 1 aliphatic rings. The fourth-order valence-corrected chi connectivity index (χ4v) is 5.57. The number of rotatable bonds is 9. The van der Waals surface area contributed by atoms with Gasteiger partial charge in [-0.1, -0.05) is 12.6 Å². The Kier molecular flexibility index (Phi) is 7.08. The minimum absolute atomic E-state index is 0.0835. The van der Waals surface area contributed by atoms with Crippen molar-refractivity contribution in [1.29, 1.82) is 0 Å². The summed E-state index contributed by atoms with van der Waals surface area (Å²) in [5, 5.41) is 21.5.